The van der Waals surface area contributed by atoms with Gasteiger partial charge in [-0.05, 0) is 42.4 Å². The van der Waals surface area contributed by atoms with Crippen LogP contribution in [-0.4, -0.2) is 19.0 Å². The van der Waals surface area contributed by atoms with Crippen LogP contribution in [-0.2, 0) is 14.9 Å². The maximum atomic E-state index is 13.2. The van der Waals surface area contributed by atoms with Crippen molar-refractivity contribution in [1.29, 1.82) is 5.26 Å². The quantitative estimate of drug-likeness (QED) is 0.852. The van der Waals surface area contributed by atoms with E-state index in [2.05, 4.69) is 6.07 Å². The Kier molecular flexibility index (Phi) is 3.97. The van der Waals surface area contributed by atoms with Gasteiger partial charge in [0.1, 0.15) is 5.82 Å². The minimum absolute atomic E-state index is 0.0516. The van der Waals surface area contributed by atoms with Crippen LogP contribution in [0.15, 0.2) is 24.3 Å². The van der Waals surface area contributed by atoms with E-state index in [1.807, 2.05) is 12.1 Å². The summed E-state index contributed by atoms with van der Waals surface area (Å²) in [5.41, 5.74) is 1.08. The normalized spacial score (nSPS) is 23.0. The van der Waals surface area contributed by atoms with Gasteiger partial charge >= 0.3 is 0 Å². The zero-order valence-corrected chi connectivity index (χ0v) is 12.1. The minimum atomic E-state index is -0.407. The molecule has 3 nitrogen and oxygen atoms in total. The molecule has 3 rings (SSSR count). The zero-order valence-electron chi connectivity index (χ0n) is 12.1. The van der Waals surface area contributed by atoms with Crippen LogP contribution >= 0.6 is 0 Å². The van der Waals surface area contributed by atoms with Crippen molar-refractivity contribution in [2.75, 3.05) is 13.2 Å². The van der Waals surface area contributed by atoms with Crippen LogP contribution in [0.3, 0.4) is 0 Å². The lowest BCUT2D eigenvalue weighted by Gasteiger charge is -2.44. The second-order valence-corrected chi connectivity index (χ2v) is 6.05. The second-order valence-electron chi connectivity index (χ2n) is 6.05. The van der Waals surface area contributed by atoms with Gasteiger partial charge in [0.05, 0.1) is 19.3 Å². The molecule has 1 aromatic rings. The van der Waals surface area contributed by atoms with Gasteiger partial charge in [-0.25, -0.2) is 4.39 Å². The summed E-state index contributed by atoms with van der Waals surface area (Å²) in [5.74, 6) is -0.625. The Morgan fingerprint density at radius 3 is 2.24 bits per heavy atom. The number of hydrogen-bond donors (Lipinski definition) is 0. The van der Waals surface area contributed by atoms with Gasteiger partial charge < -0.3 is 9.47 Å². The largest absolute Gasteiger partial charge is 0.348 e. The summed E-state index contributed by atoms with van der Waals surface area (Å²) in [6.07, 6.45) is 4.85. The molecule has 0 N–H and O–H groups in total. The molecule has 1 saturated carbocycles. The number of hydrogen-bond acceptors (Lipinski definition) is 3. The van der Waals surface area contributed by atoms with Crippen molar-refractivity contribution in [1.82, 2.24) is 0 Å². The van der Waals surface area contributed by atoms with Crippen LogP contribution < -0.4 is 0 Å². The third-order valence-corrected chi connectivity index (χ3v) is 4.95. The predicted octanol–water partition coefficient (Wildman–Crippen LogP) is 3.68. The smallest absolute Gasteiger partial charge is 0.168 e. The fourth-order valence-corrected chi connectivity index (χ4v) is 3.68. The van der Waals surface area contributed by atoms with Crippen LogP contribution in [0, 0.1) is 17.1 Å². The van der Waals surface area contributed by atoms with E-state index in [0.717, 1.165) is 37.7 Å². The van der Waals surface area contributed by atoms with Gasteiger partial charge in [0, 0.05) is 19.3 Å². The molecule has 1 aliphatic heterocycles. The topological polar surface area (TPSA) is 42.2 Å². The van der Waals surface area contributed by atoms with Crippen molar-refractivity contribution >= 4 is 0 Å². The summed E-state index contributed by atoms with van der Waals surface area (Å²) >= 11 is 0. The maximum Gasteiger partial charge on any atom is 0.168 e. The predicted molar refractivity (Wildman–Crippen MR) is 76.0 cm³/mol. The highest BCUT2D eigenvalue weighted by molar-refractivity contribution is 5.27. The molecule has 0 bridgehead atoms. The Morgan fingerprint density at radius 1 is 1.05 bits per heavy atom. The number of halogens is 1. The van der Waals surface area contributed by atoms with Crippen LogP contribution in [0.1, 0.15) is 44.1 Å². The van der Waals surface area contributed by atoms with E-state index >= 15 is 0 Å². The molecular formula is C17H20FNO2. The molecule has 21 heavy (non-hydrogen) atoms. The van der Waals surface area contributed by atoms with Crippen molar-refractivity contribution < 1.29 is 13.9 Å². The Balaban J connectivity index is 1.82. The van der Waals surface area contributed by atoms with Crippen molar-refractivity contribution in [3.05, 3.63) is 35.6 Å². The standard InChI is InChI=1S/C17H20FNO2/c18-15-4-2-14(3-5-15)16(6-1-11-19)7-9-17(10-8-16)20-12-13-21-17/h2-5H,1,6-10,12-13H2. The third-order valence-electron chi connectivity index (χ3n) is 4.95. The van der Waals surface area contributed by atoms with Crippen LogP contribution in [0.4, 0.5) is 4.39 Å². The van der Waals surface area contributed by atoms with Crippen LogP contribution in [0.2, 0.25) is 0 Å². The molecule has 0 radical (unpaired) electrons. The highest BCUT2D eigenvalue weighted by Crippen LogP contribution is 2.48. The molecular weight excluding hydrogens is 269 g/mol. The van der Waals surface area contributed by atoms with E-state index in [9.17, 15) is 4.39 Å². The first kappa shape index (κ1) is 14.5. The van der Waals surface area contributed by atoms with Gasteiger partial charge in [0.15, 0.2) is 5.79 Å². The molecule has 0 atom stereocenters. The summed E-state index contributed by atoms with van der Waals surface area (Å²) in [5, 5.41) is 8.95. The number of rotatable bonds is 3. The molecule has 4 heteroatoms. The fraction of sp³-hybridized carbons (Fsp3) is 0.588. The monoisotopic (exact) mass is 289 g/mol. The molecule has 0 amide bonds. The van der Waals surface area contributed by atoms with Crippen molar-refractivity contribution in [2.24, 2.45) is 0 Å². The van der Waals surface area contributed by atoms with E-state index in [-0.39, 0.29) is 11.2 Å². The Morgan fingerprint density at radius 2 is 1.67 bits per heavy atom. The zero-order chi connectivity index (χ0) is 14.8. The first-order chi connectivity index (χ1) is 10.2. The lowest BCUT2D eigenvalue weighted by molar-refractivity contribution is -0.185. The molecule has 1 saturated heterocycles. The van der Waals surface area contributed by atoms with E-state index in [0.29, 0.717) is 19.6 Å². The van der Waals surface area contributed by atoms with E-state index in [1.165, 1.54) is 12.1 Å². The second kappa shape index (κ2) is 5.75. The fourth-order valence-electron chi connectivity index (χ4n) is 3.68. The average molecular weight is 289 g/mol. The molecule has 2 aliphatic rings. The first-order valence-corrected chi connectivity index (χ1v) is 7.59. The van der Waals surface area contributed by atoms with Crippen LogP contribution in [0.5, 0.6) is 0 Å². The van der Waals surface area contributed by atoms with E-state index in [1.54, 1.807) is 0 Å². The van der Waals surface area contributed by atoms with Gasteiger partial charge in [-0.15, -0.1) is 0 Å². The van der Waals surface area contributed by atoms with Gasteiger partial charge in [-0.2, -0.15) is 5.26 Å². The first-order valence-electron chi connectivity index (χ1n) is 7.59. The molecule has 1 spiro atoms. The van der Waals surface area contributed by atoms with Crippen molar-refractivity contribution in [2.45, 2.75) is 49.7 Å². The molecule has 0 aromatic heterocycles. The van der Waals surface area contributed by atoms with Crippen molar-refractivity contribution in [3.63, 3.8) is 0 Å². The number of nitriles is 1. The molecule has 1 heterocycles. The molecule has 112 valence electrons. The lowest BCUT2D eigenvalue weighted by atomic mass is 9.65. The summed E-state index contributed by atoms with van der Waals surface area (Å²) < 4.78 is 24.8. The van der Waals surface area contributed by atoms with Crippen LogP contribution in [0.25, 0.3) is 0 Å². The van der Waals surface area contributed by atoms with E-state index < -0.39 is 5.79 Å². The molecule has 0 unspecified atom stereocenters. The summed E-state index contributed by atoms with van der Waals surface area (Å²) in [7, 11) is 0. The Hall–Kier alpha value is -1.44. The highest BCUT2D eigenvalue weighted by atomic mass is 19.1. The summed E-state index contributed by atoms with van der Waals surface area (Å²) in [4.78, 5) is 0. The van der Waals surface area contributed by atoms with Crippen molar-refractivity contribution in [3.8, 4) is 6.07 Å². The Bertz CT molecular complexity index is 519. The molecule has 1 aliphatic carbocycles. The maximum absolute atomic E-state index is 13.2. The minimum Gasteiger partial charge on any atom is -0.348 e. The summed E-state index contributed by atoms with van der Waals surface area (Å²) in [6.45, 7) is 1.34. The summed E-state index contributed by atoms with van der Waals surface area (Å²) in [6, 6.07) is 8.99. The highest BCUT2D eigenvalue weighted by Gasteiger charge is 2.46. The van der Waals surface area contributed by atoms with Gasteiger partial charge in [0.25, 0.3) is 0 Å². The third kappa shape index (κ3) is 2.81. The lowest BCUT2D eigenvalue weighted by Crippen LogP contribution is -2.42. The van der Waals surface area contributed by atoms with Gasteiger partial charge in [-0.3, -0.25) is 0 Å². The average Bonchev–Trinajstić information content (AvgIpc) is 2.97. The van der Waals surface area contributed by atoms with Gasteiger partial charge in [0.2, 0.25) is 0 Å². The van der Waals surface area contributed by atoms with Gasteiger partial charge in [-0.1, -0.05) is 12.1 Å². The van der Waals surface area contributed by atoms with E-state index in [4.69, 9.17) is 14.7 Å². The SMILES string of the molecule is N#CCCC1(c2ccc(F)cc2)CCC2(CC1)OCCO2. The molecule has 1 aromatic carbocycles. The number of benzene rings is 1. The molecule has 2 fully saturated rings. The Labute approximate surface area is 124 Å². The number of ether oxygens (including phenoxy) is 2. The number of nitrogens with zero attached hydrogens (tertiary/aromatic N) is 1.